The normalized spacial score (nSPS) is 14.5. The number of aliphatic hydroxyl groups is 1. The summed E-state index contributed by atoms with van der Waals surface area (Å²) >= 11 is 3.36. The molecule has 0 fully saturated rings. The molecule has 0 amide bonds. The van der Waals surface area contributed by atoms with Gasteiger partial charge in [0, 0.05) is 23.3 Å². The highest BCUT2D eigenvalue weighted by Crippen LogP contribution is 2.15. The second-order valence-electron chi connectivity index (χ2n) is 4.13. The first-order chi connectivity index (χ1) is 7.65. The summed E-state index contributed by atoms with van der Waals surface area (Å²) in [6.07, 6.45) is 3.78. The van der Waals surface area contributed by atoms with Gasteiger partial charge in [-0.2, -0.15) is 0 Å². The van der Waals surface area contributed by atoms with E-state index in [2.05, 4.69) is 40.1 Å². The highest BCUT2D eigenvalue weighted by atomic mass is 79.9. The van der Waals surface area contributed by atoms with Crippen LogP contribution in [-0.4, -0.2) is 22.7 Å². The number of rotatable bonds is 6. The molecule has 16 heavy (non-hydrogen) atoms. The number of halogens is 1. The Kier molecular flexibility index (Phi) is 5.77. The van der Waals surface area contributed by atoms with Crippen molar-refractivity contribution < 1.29 is 5.11 Å². The molecule has 1 aromatic heterocycles. The highest BCUT2D eigenvalue weighted by Gasteiger charge is 2.11. The lowest BCUT2D eigenvalue weighted by Crippen LogP contribution is -2.23. The summed E-state index contributed by atoms with van der Waals surface area (Å²) in [5, 5.41) is 12.4. The topological polar surface area (TPSA) is 45.1 Å². The lowest BCUT2D eigenvalue weighted by atomic mass is 10.0. The van der Waals surface area contributed by atoms with Gasteiger partial charge in [0.15, 0.2) is 0 Å². The first kappa shape index (κ1) is 13.5. The van der Waals surface area contributed by atoms with Crippen molar-refractivity contribution in [2.45, 2.75) is 32.7 Å². The lowest BCUT2D eigenvalue weighted by molar-refractivity contribution is 0.224. The van der Waals surface area contributed by atoms with Crippen LogP contribution in [0.15, 0.2) is 22.8 Å². The number of nitrogens with zero attached hydrogens (tertiary/aromatic N) is 1. The van der Waals surface area contributed by atoms with Crippen molar-refractivity contribution in [3.63, 3.8) is 0 Å². The van der Waals surface area contributed by atoms with Gasteiger partial charge >= 0.3 is 0 Å². The van der Waals surface area contributed by atoms with Crippen molar-refractivity contribution in [2.24, 2.45) is 5.92 Å². The molecular weight excluding hydrogens is 268 g/mol. The van der Waals surface area contributed by atoms with Crippen LogP contribution in [0.1, 0.15) is 26.7 Å². The third-order valence-corrected chi connectivity index (χ3v) is 3.04. The molecule has 0 saturated carbocycles. The average Bonchev–Trinajstić information content (AvgIpc) is 2.30. The van der Waals surface area contributed by atoms with Crippen LogP contribution in [-0.2, 0) is 0 Å². The predicted octanol–water partition coefficient (Wildman–Crippen LogP) is 3.05. The van der Waals surface area contributed by atoms with Gasteiger partial charge in [-0.05, 0) is 46.8 Å². The van der Waals surface area contributed by atoms with Crippen LogP contribution in [0.3, 0.4) is 0 Å². The van der Waals surface area contributed by atoms with Crippen molar-refractivity contribution in [3.8, 4) is 0 Å². The van der Waals surface area contributed by atoms with Crippen LogP contribution in [0.25, 0.3) is 0 Å². The fourth-order valence-corrected chi connectivity index (χ4v) is 1.79. The molecule has 0 aromatic carbocycles. The first-order valence-electron chi connectivity index (χ1n) is 5.64. The zero-order valence-electron chi connectivity index (χ0n) is 9.78. The minimum absolute atomic E-state index is 0.242. The maximum absolute atomic E-state index is 9.03. The Bertz CT molecular complexity index is 302. The molecule has 1 rings (SSSR count). The number of aliphatic hydroxyl groups excluding tert-OH is 1. The molecule has 0 saturated heterocycles. The van der Waals surface area contributed by atoms with Crippen molar-refractivity contribution in [1.29, 1.82) is 0 Å². The van der Waals surface area contributed by atoms with Gasteiger partial charge in [-0.15, -0.1) is 0 Å². The number of aromatic nitrogens is 1. The largest absolute Gasteiger partial charge is 0.396 e. The smallest absolute Gasteiger partial charge is 0.126 e. The Labute approximate surface area is 105 Å². The maximum atomic E-state index is 9.03. The Balaban J connectivity index is 2.52. The molecule has 0 unspecified atom stereocenters. The molecule has 90 valence electrons. The maximum Gasteiger partial charge on any atom is 0.126 e. The summed E-state index contributed by atoms with van der Waals surface area (Å²) in [5.41, 5.74) is 0. The SMILES string of the molecule is CC[C@H](C[C@@H](C)CO)Nc1ccc(Br)cn1. The predicted molar refractivity (Wildman–Crippen MR) is 70.5 cm³/mol. The lowest BCUT2D eigenvalue weighted by Gasteiger charge is -2.20. The van der Waals surface area contributed by atoms with Crippen molar-refractivity contribution in [1.82, 2.24) is 4.98 Å². The molecule has 3 nitrogen and oxygen atoms in total. The third kappa shape index (κ3) is 4.49. The minimum Gasteiger partial charge on any atom is -0.396 e. The molecule has 0 bridgehead atoms. The standard InChI is InChI=1S/C12H19BrN2O/c1-3-11(6-9(2)8-16)15-12-5-4-10(13)7-14-12/h4-5,7,9,11,16H,3,6,8H2,1-2H3,(H,14,15)/t9-,11-/m1/s1. The number of hydrogen-bond acceptors (Lipinski definition) is 3. The molecule has 0 aliphatic rings. The molecule has 4 heteroatoms. The van der Waals surface area contributed by atoms with Crippen LogP contribution in [0.2, 0.25) is 0 Å². The fourth-order valence-electron chi connectivity index (χ4n) is 1.56. The zero-order valence-corrected chi connectivity index (χ0v) is 11.4. The van der Waals surface area contributed by atoms with Crippen molar-refractivity contribution in [3.05, 3.63) is 22.8 Å². The van der Waals surface area contributed by atoms with Gasteiger partial charge in [-0.3, -0.25) is 0 Å². The van der Waals surface area contributed by atoms with Crippen molar-refractivity contribution >= 4 is 21.7 Å². The van der Waals surface area contributed by atoms with E-state index in [0.717, 1.165) is 23.1 Å². The fraction of sp³-hybridized carbons (Fsp3) is 0.583. The summed E-state index contributed by atoms with van der Waals surface area (Å²) in [7, 11) is 0. The summed E-state index contributed by atoms with van der Waals surface area (Å²) in [6, 6.07) is 4.30. The number of nitrogens with one attached hydrogen (secondary N) is 1. The van der Waals surface area contributed by atoms with Gasteiger partial charge in [0.2, 0.25) is 0 Å². The van der Waals surface area contributed by atoms with Crippen LogP contribution in [0.5, 0.6) is 0 Å². The second-order valence-corrected chi connectivity index (χ2v) is 5.05. The minimum atomic E-state index is 0.242. The van der Waals surface area contributed by atoms with Gasteiger partial charge in [-0.25, -0.2) is 4.98 Å². The van der Waals surface area contributed by atoms with Crippen LogP contribution < -0.4 is 5.32 Å². The molecule has 0 spiro atoms. The Morgan fingerprint density at radius 2 is 2.25 bits per heavy atom. The number of pyridine rings is 1. The molecule has 2 atom stereocenters. The van der Waals surface area contributed by atoms with E-state index >= 15 is 0 Å². The quantitative estimate of drug-likeness (QED) is 0.845. The highest BCUT2D eigenvalue weighted by molar-refractivity contribution is 9.10. The summed E-state index contributed by atoms with van der Waals surface area (Å²) in [6.45, 7) is 4.44. The molecular formula is C12H19BrN2O. The van der Waals surface area contributed by atoms with E-state index in [9.17, 15) is 0 Å². The Morgan fingerprint density at radius 3 is 2.75 bits per heavy atom. The third-order valence-electron chi connectivity index (χ3n) is 2.57. The second kappa shape index (κ2) is 6.86. The van der Waals surface area contributed by atoms with E-state index < -0.39 is 0 Å². The van der Waals surface area contributed by atoms with E-state index in [1.54, 1.807) is 6.20 Å². The van der Waals surface area contributed by atoms with Gasteiger partial charge < -0.3 is 10.4 Å². The first-order valence-corrected chi connectivity index (χ1v) is 6.44. The van der Waals surface area contributed by atoms with Gasteiger partial charge in [0.1, 0.15) is 5.82 Å². The Hall–Kier alpha value is -0.610. The molecule has 0 aliphatic heterocycles. The van der Waals surface area contributed by atoms with Crippen LogP contribution >= 0.6 is 15.9 Å². The molecule has 1 heterocycles. The number of anilines is 1. The zero-order chi connectivity index (χ0) is 12.0. The van der Waals surface area contributed by atoms with E-state index in [1.807, 2.05) is 12.1 Å². The number of hydrogen-bond donors (Lipinski definition) is 2. The molecule has 0 radical (unpaired) electrons. The average molecular weight is 287 g/mol. The van der Waals surface area contributed by atoms with Gasteiger partial charge in [0.05, 0.1) is 0 Å². The monoisotopic (exact) mass is 286 g/mol. The summed E-state index contributed by atoms with van der Waals surface area (Å²) in [4.78, 5) is 4.28. The molecule has 2 N–H and O–H groups in total. The van der Waals surface area contributed by atoms with Crippen LogP contribution in [0.4, 0.5) is 5.82 Å². The van der Waals surface area contributed by atoms with E-state index in [-0.39, 0.29) is 6.61 Å². The van der Waals surface area contributed by atoms with E-state index in [0.29, 0.717) is 12.0 Å². The van der Waals surface area contributed by atoms with E-state index in [1.165, 1.54) is 0 Å². The van der Waals surface area contributed by atoms with Crippen LogP contribution in [0, 0.1) is 5.92 Å². The van der Waals surface area contributed by atoms with Crippen molar-refractivity contribution in [2.75, 3.05) is 11.9 Å². The van der Waals surface area contributed by atoms with E-state index in [4.69, 9.17) is 5.11 Å². The molecule has 1 aromatic rings. The van der Waals surface area contributed by atoms with Gasteiger partial charge in [-0.1, -0.05) is 13.8 Å². The summed E-state index contributed by atoms with van der Waals surface area (Å²) < 4.78 is 0.981. The van der Waals surface area contributed by atoms with Gasteiger partial charge in [0.25, 0.3) is 0 Å². The summed E-state index contributed by atoms with van der Waals surface area (Å²) in [5.74, 6) is 1.22. The Morgan fingerprint density at radius 1 is 1.50 bits per heavy atom. The molecule has 0 aliphatic carbocycles.